The summed E-state index contributed by atoms with van der Waals surface area (Å²) in [6.07, 6.45) is 8.27. The number of carbonyl (C=O) groups is 1. The first kappa shape index (κ1) is 18.2. The fourth-order valence-corrected chi connectivity index (χ4v) is 3.92. The lowest BCUT2D eigenvalue weighted by Gasteiger charge is -2.46. The number of likely N-dealkylation sites (tertiary alicyclic amines) is 2. The molecule has 5 heteroatoms. The van der Waals surface area contributed by atoms with Crippen LogP contribution in [-0.4, -0.2) is 52.7 Å². The molecule has 0 atom stereocenters. The quantitative estimate of drug-likeness (QED) is 0.820. The molecule has 0 saturated carbocycles. The number of ether oxygens (including phenoxy) is 1. The summed E-state index contributed by atoms with van der Waals surface area (Å²) in [7, 11) is 0. The van der Waals surface area contributed by atoms with Crippen molar-refractivity contribution in [2.75, 3.05) is 26.2 Å². The van der Waals surface area contributed by atoms with E-state index in [1.165, 1.54) is 18.4 Å². The summed E-state index contributed by atoms with van der Waals surface area (Å²) in [6, 6.07) is 4.20. The van der Waals surface area contributed by atoms with Crippen molar-refractivity contribution in [3.05, 3.63) is 30.1 Å². The summed E-state index contributed by atoms with van der Waals surface area (Å²) in [5.41, 5.74) is 1.35. The minimum absolute atomic E-state index is 0.155. The molecule has 5 nitrogen and oxygen atoms in total. The van der Waals surface area contributed by atoms with Crippen LogP contribution >= 0.6 is 0 Å². The van der Waals surface area contributed by atoms with Crippen LogP contribution in [0.15, 0.2) is 24.5 Å². The molecule has 1 aromatic heterocycles. The Bertz CT molecular complexity index is 564. The molecule has 3 rings (SSSR count). The number of hydrogen-bond acceptors (Lipinski definition) is 4. The van der Waals surface area contributed by atoms with Gasteiger partial charge in [-0.1, -0.05) is 0 Å². The van der Waals surface area contributed by atoms with Gasteiger partial charge in [-0.2, -0.15) is 0 Å². The number of rotatable bonds is 2. The van der Waals surface area contributed by atoms with Crippen LogP contribution in [0.5, 0.6) is 0 Å². The van der Waals surface area contributed by atoms with Crippen molar-refractivity contribution in [1.82, 2.24) is 14.8 Å². The van der Waals surface area contributed by atoms with E-state index in [0.29, 0.717) is 5.41 Å². The van der Waals surface area contributed by atoms with E-state index in [0.717, 1.165) is 45.6 Å². The predicted octanol–water partition coefficient (Wildman–Crippen LogP) is 3.69. The van der Waals surface area contributed by atoms with Crippen LogP contribution in [0.1, 0.15) is 52.0 Å². The van der Waals surface area contributed by atoms with Gasteiger partial charge < -0.3 is 9.64 Å². The van der Waals surface area contributed by atoms with Gasteiger partial charge in [-0.25, -0.2) is 4.79 Å². The molecule has 0 N–H and O–H groups in total. The molecule has 25 heavy (non-hydrogen) atoms. The average Bonchev–Trinajstić information content (AvgIpc) is 2.57. The second kappa shape index (κ2) is 7.32. The van der Waals surface area contributed by atoms with Gasteiger partial charge in [0.1, 0.15) is 5.60 Å². The number of amides is 1. The molecule has 2 aliphatic rings. The summed E-state index contributed by atoms with van der Waals surface area (Å²) in [4.78, 5) is 20.8. The Kier molecular flexibility index (Phi) is 5.32. The van der Waals surface area contributed by atoms with Gasteiger partial charge in [-0.3, -0.25) is 9.88 Å². The van der Waals surface area contributed by atoms with E-state index in [2.05, 4.69) is 22.0 Å². The average molecular weight is 345 g/mol. The van der Waals surface area contributed by atoms with E-state index < -0.39 is 5.60 Å². The van der Waals surface area contributed by atoms with Crippen LogP contribution in [0.3, 0.4) is 0 Å². The Morgan fingerprint density at radius 1 is 1.08 bits per heavy atom. The van der Waals surface area contributed by atoms with Gasteiger partial charge in [0, 0.05) is 32.0 Å². The standard InChI is InChI=1S/C20H31N3O2/c1-19(2,3)25-18(24)23-14-8-20(9-15-23)6-12-22(13-7-20)16-17-4-10-21-11-5-17/h4-5,10-11H,6-9,12-16H2,1-3H3. The second-order valence-electron chi connectivity index (χ2n) is 8.60. The van der Waals surface area contributed by atoms with Gasteiger partial charge in [-0.05, 0) is 82.7 Å². The van der Waals surface area contributed by atoms with Gasteiger partial charge in [0.25, 0.3) is 0 Å². The van der Waals surface area contributed by atoms with Crippen LogP contribution in [0, 0.1) is 5.41 Å². The number of carbonyl (C=O) groups excluding carboxylic acids is 1. The van der Waals surface area contributed by atoms with Crippen molar-refractivity contribution in [3.8, 4) is 0 Å². The molecule has 2 saturated heterocycles. The lowest BCUT2D eigenvalue weighted by Crippen LogP contribution is -2.49. The molecule has 0 unspecified atom stereocenters. The van der Waals surface area contributed by atoms with Crippen molar-refractivity contribution in [1.29, 1.82) is 0 Å². The summed E-state index contributed by atoms with van der Waals surface area (Å²) in [5.74, 6) is 0. The first-order valence-corrected chi connectivity index (χ1v) is 9.45. The predicted molar refractivity (Wildman–Crippen MR) is 98.2 cm³/mol. The molecule has 138 valence electrons. The van der Waals surface area contributed by atoms with E-state index >= 15 is 0 Å². The van der Waals surface area contributed by atoms with E-state index in [4.69, 9.17) is 4.74 Å². The maximum absolute atomic E-state index is 12.2. The lowest BCUT2D eigenvalue weighted by atomic mass is 9.71. The Hall–Kier alpha value is -1.62. The number of hydrogen-bond donors (Lipinski definition) is 0. The van der Waals surface area contributed by atoms with Gasteiger partial charge >= 0.3 is 6.09 Å². The third kappa shape index (κ3) is 4.94. The molecule has 1 amide bonds. The Morgan fingerprint density at radius 2 is 1.64 bits per heavy atom. The molecular formula is C20H31N3O2. The summed E-state index contributed by atoms with van der Waals surface area (Å²) in [6.45, 7) is 10.8. The zero-order valence-electron chi connectivity index (χ0n) is 15.8. The van der Waals surface area contributed by atoms with Crippen LogP contribution in [0.2, 0.25) is 0 Å². The fourth-order valence-electron chi connectivity index (χ4n) is 3.92. The second-order valence-corrected chi connectivity index (χ2v) is 8.60. The van der Waals surface area contributed by atoms with Crippen molar-refractivity contribution in [3.63, 3.8) is 0 Å². The lowest BCUT2D eigenvalue weighted by molar-refractivity contribution is -0.00312. The van der Waals surface area contributed by atoms with E-state index in [9.17, 15) is 4.79 Å². The minimum Gasteiger partial charge on any atom is -0.444 e. The molecule has 1 aromatic rings. The maximum atomic E-state index is 12.2. The summed E-state index contributed by atoms with van der Waals surface area (Å²) < 4.78 is 5.51. The third-order valence-corrected chi connectivity index (χ3v) is 5.55. The molecule has 0 bridgehead atoms. The maximum Gasteiger partial charge on any atom is 0.410 e. The monoisotopic (exact) mass is 345 g/mol. The van der Waals surface area contributed by atoms with Crippen LogP contribution < -0.4 is 0 Å². The molecule has 0 aromatic carbocycles. The van der Waals surface area contributed by atoms with Crippen molar-refractivity contribution >= 4 is 6.09 Å². The van der Waals surface area contributed by atoms with Crippen molar-refractivity contribution in [2.24, 2.45) is 5.41 Å². The highest BCUT2D eigenvalue weighted by Gasteiger charge is 2.39. The largest absolute Gasteiger partial charge is 0.444 e. The first-order valence-electron chi connectivity index (χ1n) is 9.45. The molecule has 0 aliphatic carbocycles. The van der Waals surface area contributed by atoms with Gasteiger partial charge in [0.05, 0.1) is 0 Å². The number of pyridine rings is 1. The summed E-state index contributed by atoms with van der Waals surface area (Å²) >= 11 is 0. The Balaban J connectivity index is 1.46. The molecular weight excluding hydrogens is 314 g/mol. The Morgan fingerprint density at radius 3 is 2.20 bits per heavy atom. The van der Waals surface area contributed by atoms with Crippen LogP contribution in [0.25, 0.3) is 0 Å². The van der Waals surface area contributed by atoms with E-state index in [1.54, 1.807) is 0 Å². The highest BCUT2D eigenvalue weighted by Crippen LogP contribution is 2.41. The van der Waals surface area contributed by atoms with Crippen molar-refractivity contribution < 1.29 is 9.53 Å². The molecule has 1 spiro atoms. The number of nitrogens with zero attached hydrogens (tertiary/aromatic N) is 3. The van der Waals surface area contributed by atoms with Gasteiger partial charge in [-0.15, -0.1) is 0 Å². The highest BCUT2D eigenvalue weighted by atomic mass is 16.6. The minimum atomic E-state index is -0.412. The van der Waals surface area contributed by atoms with Crippen molar-refractivity contribution in [2.45, 2.75) is 58.6 Å². The van der Waals surface area contributed by atoms with E-state index in [-0.39, 0.29) is 6.09 Å². The first-order chi connectivity index (χ1) is 11.9. The smallest absolute Gasteiger partial charge is 0.410 e. The fraction of sp³-hybridized carbons (Fsp3) is 0.700. The van der Waals surface area contributed by atoms with Gasteiger partial charge in [0.2, 0.25) is 0 Å². The topological polar surface area (TPSA) is 45.7 Å². The summed E-state index contributed by atoms with van der Waals surface area (Å²) in [5, 5.41) is 0. The SMILES string of the molecule is CC(C)(C)OC(=O)N1CCC2(CCN(Cc3ccncc3)CC2)CC1. The van der Waals surface area contributed by atoms with Crippen LogP contribution in [0.4, 0.5) is 4.79 Å². The molecule has 2 fully saturated rings. The highest BCUT2D eigenvalue weighted by molar-refractivity contribution is 5.68. The number of aromatic nitrogens is 1. The van der Waals surface area contributed by atoms with E-state index in [1.807, 2.05) is 38.1 Å². The third-order valence-electron chi connectivity index (χ3n) is 5.55. The molecule has 0 radical (unpaired) electrons. The Labute approximate surface area is 151 Å². The normalized spacial score (nSPS) is 21.3. The molecule has 3 heterocycles. The van der Waals surface area contributed by atoms with Gasteiger partial charge in [0.15, 0.2) is 0 Å². The molecule has 2 aliphatic heterocycles. The van der Waals surface area contributed by atoms with Crippen LogP contribution in [-0.2, 0) is 11.3 Å². The number of piperidine rings is 2. The zero-order valence-corrected chi connectivity index (χ0v) is 15.8. The zero-order chi connectivity index (χ0) is 17.9.